The molecule has 1 aromatic heterocycles. The monoisotopic (exact) mass is 355 g/mol. The van der Waals surface area contributed by atoms with Crippen molar-refractivity contribution in [2.24, 2.45) is 0 Å². The number of likely N-dealkylation sites (N-methyl/N-ethyl adjacent to an activating group) is 1. The van der Waals surface area contributed by atoms with Crippen molar-refractivity contribution in [1.29, 1.82) is 0 Å². The van der Waals surface area contributed by atoms with Gasteiger partial charge in [-0.05, 0) is 32.3 Å². The molecule has 1 aromatic carbocycles. The van der Waals surface area contributed by atoms with Crippen molar-refractivity contribution in [1.82, 2.24) is 19.8 Å². The molecule has 0 saturated carbocycles. The lowest BCUT2D eigenvalue weighted by Crippen LogP contribution is -2.49. The van der Waals surface area contributed by atoms with E-state index in [1.165, 1.54) is 0 Å². The lowest BCUT2D eigenvalue weighted by Gasteiger charge is -2.34. The quantitative estimate of drug-likeness (QED) is 0.780. The van der Waals surface area contributed by atoms with Crippen LogP contribution in [0, 0.1) is 0 Å². The van der Waals surface area contributed by atoms with Gasteiger partial charge in [0.1, 0.15) is 12.4 Å². The molecule has 138 valence electrons. The fraction of sp³-hybridized carbons (Fsp3) is 0.421. The Kier molecular flexibility index (Phi) is 6.01. The summed E-state index contributed by atoms with van der Waals surface area (Å²) in [5, 5.41) is 0. The number of amides is 1. The molecule has 0 atom stereocenters. The van der Waals surface area contributed by atoms with Gasteiger partial charge in [0.25, 0.3) is 5.91 Å². The Morgan fingerprint density at radius 1 is 1.08 bits per heavy atom. The van der Waals surface area contributed by atoms with E-state index < -0.39 is 0 Å². The minimum atomic E-state index is 0.0130. The highest BCUT2D eigenvalue weighted by Gasteiger charge is 2.25. The summed E-state index contributed by atoms with van der Waals surface area (Å²) in [4.78, 5) is 27.5. The fourth-order valence-electron chi connectivity index (χ4n) is 2.84. The second-order valence-electron chi connectivity index (χ2n) is 6.48. The van der Waals surface area contributed by atoms with Gasteiger partial charge in [0.05, 0.1) is 5.56 Å². The molecule has 1 amide bonds. The molecular weight excluding hydrogens is 330 g/mol. The molecule has 0 unspecified atom stereocenters. The molecule has 0 N–H and O–H groups in total. The SMILES string of the molecule is CN(C)CCOc1ccccc1C(=O)N1CCN(c2ncccn2)CC1. The first-order valence-corrected chi connectivity index (χ1v) is 8.83. The van der Waals surface area contributed by atoms with E-state index in [1.54, 1.807) is 18.5 Å². The molecule has 0 bridgehead atoms. The van der Waals surface area contributed by atoms with E-state index >= 15 is 0 Å². The van der Waals surface area contributed by atoms with E-state index in [9.17, 15) is 4.79 Å². The lowest BCUT2D eigenvalue weighted by molar-refractivity contribution is 0.0741. The highest BCUT2D eigenvalue weighted by atomic mass is 16.5. The summed E-state index contributed by atoms with van der Waals surface area (Å²) in [6.07, 6.45) is 3.47. The van der Waals surface area contributed by atoms with Crippen LogP contribution in [0.2, 0.25) is 0 Å². The standard InChI is InChI=1S/C19H25N5O2/c1-22(2)14-15-26-17-7-4-3-6-16(17)18(25)23-10-12-24(13-11-23)19-20-8-5-9-21-19/h3-9H,10-15H2,1-2H3. The zero-order chi connectivity index (χ0) is 18.4. The Hall–Kier alpha value is -2.67. The molecule has 1 aliphatic heterocycles. The van der Waals surface area contributed by atoms with Gasteiger partial charge in [0.15, 0.2) is 0 Å². The van der Waals surface area contributed by atoms with Crippen LogP contribution in [0.15, 0.2) is 42.7 Å². The smallest absolute Gasteiger partial charge is 0.257 e. The first-order chi connectivity index (χ1) is 12.6. The Labute approximate surface area is 154 Å². The topological polar surface area (TPSA) is 61.8 Å². The normalized spacial score (nSPS) is 14.6. The molecular formula is C19H25N5O2. The minimum Gasteiger partial charge on any atom is -0.491 e. The number of benzene rings is 1. The third-order valence-electron chi connectivity index (χ3n) is 4.32. The molecule has 7 nitrogen and oxygen atoms in total. The number of aromatic nitrogens is 2. The van der Waals surface area contributed by atoms with Gasteiger partial charge < -0.3 is 19.4 Å². The van der Waals surface area contributed by atoms with E-state index in [0.717, 1.165) is 19.6 Å². The van der Waals surface area contributed by atoms with Gasteiger partial charge in [-0.25, -0.2) is 9.97 Å². The molecule has 0 spiro atoms. The van der Waals surface area contributed by atoms with Gasteiger partial charge in [0, 0.05) is 45.1 Å². The molecule has 0 aliphatic carbocycles. The Balaban J connectivity index is 1.62. The highest BCUT2D eigenvalue weighted by molar-refractivity contribution is 5.97. The van der Waals surface area contributed by atoms with Gasteiger partial charge in [0.2, 0.25) is 5.95 Å². The third-order valence-corrected chi connectivity index (χ3v) is 4.32. The molecule has 1 fully saturated rings. The van der Waals surface area contributed by atoms with Crippen molar-refractivity contribution in [3.63, 3.8) is 0 Å². The fourth-order valence-corrected chi connectivity index (χ4v) is 2.84. The van der Waals surface area contributed by atoms with Crippen LogP contribution in [0.4, 0.5) is 5.95 Å². The van der Waals surface area contributed by atoms with Gasteiger partial charge in [-0.3, -0.25) is 4.79 Å². The second-order valence-corrected chi connectivity index (χ2v) is 6.48. The van der Waals surface area contributed by atoms with Crippen LogP contribution in [0.25, 0.3) is 0 Å². The van der Waals surface area contributed by atoms with Gasteiger partial charge in [-0.1, -0.05) is 12.1 Å². The summed E-state index contributed by atoms with van der Waals surface area (Å²) < 4.78 is 5.83. The number of rotatable bonds is 6. The number of anilines is 1. The molecule has 0 radical (unpaired) electrons. The van der Waals surface area contributed by atoms with E-state index in [2.05, 4.69) is 19.8 Å². The first-order valence-electron chi connectivity index (χ1n) is 8.83. The molecule has 2 heterocycles. The van der Waals surface area contributed by atoms with Crippen LogP contribution < -0.4 is 9.64 Å². The molecule has 7 heteroatoms. The maximum absolute atomic E-state index is 12.9. The highest BCUT2D eigenvalue weighted by Crippen LogP contribution is 2.21. The molecule has 1 aliphatic rings. The third kappa shape index (κ3) is 4.49. The maximum Gasteiger partial charge on any atom is 0.257 e. The predicted octanol–water partition coefficient (Wildman–Crippen LogP) is 1.38. The van der Waals surface area contributed by atoms with Crippen molar-refractivity contribution in [2.75, 3.05) is 58.3 Å². The lowest BCUT2D eigenvalue weighted by atomic mass is 10.1. The molecule has 1 saturated heterocycles. The van der Waals surface area contributed by atoms with Crippen molar-refractivity contribution in [2.45, 2.75) is 0 Å². The number of hydrogen-bond acceptors (Lipinski definition) is 6. The first kappa shape index (κ1) is 18.1. The largest absolute Gasteiger partial charge is 0.491 e. The zero-order valence-electron chi connectivity index (χ0n) is 15.3. The van der Waals surface area contributed by atoms with Crippen LogP contribution in [0.5, 0.6) is 5.75 Å². The number of piperazine rings is 1. The van der Waals surface area contributed by atoms with E-state index in [-0.39, 0.29) is 5.91 Å². The van der Waals surface area contributed by atoms with Crippen LogP contribution in [0.3, 0.4) is 0 Å². The maximum atomic E-state index is 12.9. The summed E-state index contributed by atoms with van der Waals surface area (Å²) in [5.41, 5.74) is 0.621. The summed E-state index contributed by atoms with van der Waals surface area (Å²) in [5.74, 6) is 1.37. The number of nitrogens with zero attached hydrogens (tertiary/aromatic N) is 5. The number of ether oxygens (including phenoxy) is 1. The average molecular weight is 355 g/mol. The number of hydrogen-bond donors (Lipinski definition) is 0. The Bertz CT molecular complexity index is 715. The minimum absolute atomic E-state index is 0.0130. The van der Waals surface area contributed by atoms with Crippen LogP contribution in [-0.2, 0) is 0 Å². The second kappa shape index (κ2) is 8.62. The Morgan fingerprint density at radius 3 is 2.46 bits per heavy atom. The van der Waals surface area contributed by atoms with Crippen LogP contribution in [0.1, 0.15) is 10.4 Å². The zero-order valence-corrected chi connectivity index (χ0v) is 15.3. The van der Waals surface area contributed by atoms with Crippen molar-refractivity contribution in [3.05, 3.63) is 48.3 Å². The molecule has 3 rings (SSSR count). The predicted molar refractivity (Wildman–Crippen MR) is 101 cm³/mol. The molecule has 26 heavy (non-hydrogen) atoms. The summed E-state index contributed by atoms with van der Waals surface area (Å²) in [6, 6.07) is 9.26. The van der Waals surface area contributed by atoms with Gasteiger partial charge in [-0.15, -0.1) is 0 Å². The van der Waals surface area contributed by atoms with Crippen molar-refractivity contribution in [3.8, 4) is 5.75 Å². The summed E-state index contributed by atoms with van der Waals surface area (Å²) in [7, 11) is 3.99. The summed E-state index contributed by atoms with van der Waals surface area (Å²) in [6.45, 7) is 4.08. The van der Waals surface area contributed by atoms with Crippen molar-refractivity contribution >= 4 is 11.9 Å². The number of carbonyl (C=O) groups excluding carboxylic acids is 1. The number of para-hydroxylation sites is 1. The Morgan fingerprint density at radius 2 is 1.77 bits per heavy atom. The van der Waals surface area contributed by atoms with E-state index in [0.29, 0.717) is 37.0 Å². The number of carbonyl (C=O) groups is 1. The van der Waals surface area contributed by atoms with E-state index in [1.807, 2.05) is 43.3 Å². The van der Waals surface area contributed by atoms with Crippen LogP contribution in [-0.4, -0.2) is 79.1 Å². The van der Waals surface area contributed by atoms with E-state index in [4.69, 9.17) is 4.74 Å². The van der Waals surface area contributed by atoms with Crippen molar-refractivity contribution < 1.29 is 9.53 Å². The van der Waals surface area contributed by atoms with Gasteiger partial charge in [-0.2, -0.15) is 0 Å². The molecule has 2 aromatic rings. The van der Waals surface area contributed by atoms with Crippen LogP contribution >= 0.6 is 0 Å². The summed E-state index contributed by atoms with van der Waals surface area (Å²) >= 11 is 0. The van der Waals surface area contributed by atoms with Gasteiger partial charge >= 0.3 is 0 Å². The average Bonchev–Trinajstić information content (AvgIpc) is 2.68.